The Morgan fingerprint density at radius 3 is 2.59 bits per heavy atom. The zero-order valence-corrected chi connectivity index (χ0v) is 20.7. The molecule has 2 heterocycles. The quantitative estimate of drug-likeness (QED) is 0.401. The van der Waals surface area contributed by atoms with Crippen molar-refractivity contribution in [1.29, 1.82) is 0 Å². The number of amidine groups is 1. The number of carbonyl (C=O) groups is 2. The van der Waals surface area contributed by atoms with E-state index in [9.17, 15) is 9.59 Å². The van der Waals surface area contributed by atoms with Crippen molar-refractivity contribution in [3.8, 4) is 0 Å². The zero-order chi connectivity index (χ0) is 24.1. The Morgan fingerprint density at radius 2 is 1.88 bits per heavy atom. The smallest absolute Gasteiger partial charge is 0.338 e. The van der Waals surface area contributed by atoms with Crippen LogP contribution in [0.1, 0.15) is 36.9 Å². The van der Waals surface area contributed by atoms with Gasteiger partial charge in [-0.25, -0.2) is 9.79 Å². The lowest BCUT2D eigenvalue weighted by molar-refractivity contribution is -0.136. The number of carbonyl (C=O) groups excluding carboxylic acids is 2. The molecule has 0 aliphatic carbocycles. The van der Waals surface area contributed by atoms with Gasteiger partial charge in [-0.05, 0) is 48.4 Å². The number of rotatable bonds is 8. The predicted molar refractivity (Wildman–Crippen MR) is 136 cm³/mol. The molecule has 34 heavy (non-hydrogen) atoms. The summed E-state index contributed by atoms with van der Waals surface area (Å²) in [4.78, 5) is 32.1. The second-order valence-corrected chi connectivity index (χ2v) is 9.33. The van der Waals surface area contributed by atoms with Gasteiger partial charge in [-0.2, -0.15) is 0 Å². The average Bonchev–Trinajstić information content (AvgIpc) is 3.23. The van der Waals surface area contributed by atoms with E-state index in [1.54, 1.807) is 19.1 Å². The van der Waals surface area contributed by atoms with Crippen molar-refractivity contribution in [2.75, 3.05) is 13.7 Å². The first kappa shape index (κ1) is 24.1. The molecule has 0 radical (unpaired) electrons. The van der Waals surface area contributed by atoms with Gasteiger partial charge in [0.2, 0.25) is 5.91 Å². The molecule has 2 aromatic carbocycles. The Hall–Kier alpha value is -3.03. The lowest BCUT2D eigenvalue weighted by Gasteiger charge is -2.36. The first-order valence-electron chi connectivity index (χ1n) is 11.1. The number of methoxy groups -OCH3 is 1. The third kappa shape index (κ3) is 5.37. The van der Waals surface area contributed by atoms with Crippen LogP contribution in [-0.4, -0.2) is 35.6 Å². The molecule has 2 aliphatic rings. The molecule has 176 valence electrons. The SMILES string of the molecule is COC(=O)C1=C(C)N=C2SC=C(CC(=O)NCCCc3ccccc3)N2[C@H]1c1ccc(Cl)cc1. The predicted octanol–water partition coefficient (Wildman–Crippen LogP) is 5.23. The van der Waals surface area contributed by atoms with E-state index in [-0.39, 0.29) is 12.3 Å². The van der Waals surface area contributed by atoms with Crippen LogP contribution < -0.4 is 5.32 Å². The fourth-order valence-electron chi connectivity index (χ4n) is 4.09. The van der Waals surface area contributed by atoms with E-state index < -0.39 is 12.0 Å². The summed E-state index contributed by atoms with van der Waals surface area (Å²) in [5.41, 5.74) is 3.96. The molecular formula is C26H26ClN3O3S. The Bertz CT molecular complexity index is 1160. The highest BCUT2D eigenvalue weighted by Gasteiger charge is 2.40. The molecule has 0 fully saturated rings. The highest BCUT2D eigenvalue weighted by molar-refractivity contribution is 8.16. The highest BCUT2D eigenvalue weighted by Crippen LogP contribution is 2.44. The lowest BCUT2D eigenvalue weighted by atomic mass is 9.94. The summed E-state index contributed by atoms with van der Waals surface area (Å²) < 4.78 is 5.08. The Kier molecular flexibility index (Phi) is 7.75. The van der Waals surface area contributed by atoms with Crippen LogP contribution in [0.15, 0.2) is 82.0 Å². The summed E-state index contributed by atoms with van der Waals surface area (Å²) in [6, 6.07) is 17.1. The van der Waals surface area contributed by atoms with Gasteiger partial charge in [-0.3, -0.25) is 4.79 Å². The van der Waals surface area contributed by atoms with Crippen LogP contribution in [0.5, 0.6) is 0 Å². The van der Waals surface area contributed by atoms with Crippen molar-refractivity contribution in [1.82, 2.24) is 10.2 Å². The Balaban J connectivity index is 1.48. The van der Waals surface area contributed by atoms with Crippen molar-refractivity contribution < 1.29 is 14.3 Å². The van der Waals surface area contributed by atoms with Crippen LogP contribution in [0.2, 0.25) is 5.02 Å². The number of hydrogen-bond acceptors (Lipinski definition) is 6. The molecule has 0 saturated heterocycles. The normalized spacial score (nSPS) is 17.1. The fraction of sp³-hybridized carbons (Fsp3) is 0.269. The molecule has 4 rings (SSSR count). The number of nitrogens with one attached hydrogen (secondary N) is 1. The number of allylic oxidation sites excluding steroid dienone is 1. The van der Waals surface area contributed by atoms with Gasteiger partial charge in [-0.15, -0.1) is 0 Å². The van der Waals surface area contributed by atoms with E-state index in [0.29, 0.717) is 22.8 Å². The first-order chi connectivity index (χ1) is 16.5. The van der Waals surface area contributed by atoms with Crippen molar-refractivity contribution in [3.63, 3.8) is 0 Å². The summed E-state index contributed by atoms with van der Waals surface area (Å²) in [5, 5.41) is 6.28. The standard InChI is InChI=1S/C26H26ClN3O3S/c1-17-23(25(32)33-2)24(19-10-12-20(27)13-11-19)30-21(16-34-26(30)29-17)15-22(31)28-14-6-9-18-7-4-3-5-8-18/h3-5,7-8,10-13,16,24H,6,9,14-15H2,1-2H3,(H,28,31)/t24-/m0/s1. The largest absolute Gasteiger partial charge is 0.466 e. The van der Waals surface area contributed by atoms with E-state index >= 15 is 0 Å². The van der Waals surface area contributed by atoms with Crippen LogP contribution >= 0.6 is 23.4 Å². The molecule has 2 aliphatic heterocycles. The topological polar surface area (TPSA) is 71.0 Å². The maximum absolute atomic E-state index is 12.8. The molecule has 1 N–H and O–H groups in total. The van der Waals surface area contributed by atoms with Gasteiger partial charge >= 0.3 is 5.97 Å². The molecule has 0 saturated carbocycles. The maximum Gasteiger partial charge on any atom is 0.338 e. The molecule has 0 spiro atoms. The first-order valence-corrected chi connectivity index (χ1v) is 12.3. The van der Waals surface area contributed by atoms with Gasteiger partial charge < -0.3 is 15.0 Å². The number of esters is 1. The van der Waals surface area contributed by atoms with Crippen molar-refractivity contribution in [3.05, 3.63) is 93.1 Å². The van der Waals surface area contributed by atoms with E-state index in [4.69, 9.17) is 16.3 Å². The number of benzene rings is 2. The van der Waals surface area contributed by atoms with E-state index in [1.165, 1.54) is 24.4 Å². The molecule has 1 atom stereocenters. The molecule has 6 nitrogen and oxygen atoms in total. The van der Waals surface area contributed by atoms with Gasteiger partial charge in [0.25, 0.3) is 0 Å². The van der Waals surface area contributed by atoms with Gasteiger partial charge in [0, 0.05) is 17.3 Å². The van der Waals surface area contributed by atoms with Gasteiger partial charge in [-0.1, -0.05) is 65.8 Å². The van der Waals surface area contributed by atoms with E-state index in [0.717, 1.165) is 29.3 Å². The number of thioether (sulfide) groups is 1. The van der Waals surface area contributed by atoms with Crippen LogP contribution in [0, 0.1) is 0 Å². The Labute approximate surface area is 208 Å². The number of amides is 1. The molecule has 0 bridgehead atoms. The number of halogens is 1. The molecule has 0 aromatic heterocycles. The maximum atomic E-state index is 12.8. The summed E-state index contributed by atoms with van der Waals surface area (Å²) in [5.74, 6) is -0.510. The van der Waals surface area contributed by atoms with Crippen LogP contribution in [0.25, 0.3) is 0 Å². The number of aryl methyl sites for hydroxylation is 1. The molecular weight excluding hydrogens is 470 g/mol. The number of fused-ring (bicyclic) bond motifs is 1. The average molecular weight is 496 g/mol. The van der Waals surface area contributed by atoms with Crippen molar-refractivity contribution in [2.45, 2.75) is 32.2 Å². The number of ether oxygens (including phenoxy) is 1. The third-order valence-corrected chi connectivity index (χ3v) is 6.88. The van der Waals surface area contributed by atoms with Crippen molar-refractivity contribution >= 4 is 40.4 Å². The summed E-state index contributed by atoms with van der Waals surface area (Å²) in [6.45, 7) is 2.40. The second-order valence-electron chi connectivity index (χ2n) is 8.05. The highest BCUT2D eigenvalue weighted by atomic mass is 35.5. The number of aliphatic imine (C=N–C) groups is 1. The molecule has 1 amide bonds. The minimum absolute atomic E-state index is 0.0677. The summed E-state index contributed by atoms with van der Waals surface area (Å²) >= 11 is 7.55. The third-order valence-electron chi connectivity index (χ3n) is 5.74. The fourth-order valence-corrected chi connectivity index (χ4v) is 5.18. The minimum Gasteiger partial charge on any atom is -0.466 e. The zero-order valence-electron chi connectivity index (χ0n) is 19.1. The van der Waals surface area contributed by atoms with Gasteiger partial charge in [0.05, 0.1) is 30.8 Å². The number of hydrogen-bond donors (Lipinski definition) is 1. The van der Waals surface area contributed by atoms with Crippen LogP contribution in [-0.2, 0) is 20.7 Å². The Morgan fingerprint density at radius 1 is 1.15 bits per heavy atom. The van der Waals surface area contributed by atoms with Crippen LogP contribution in [0.4, 0.5) is 0 Å². The van der Waals surface area contributed by atoms with Gasteiger partial charge in [0.15, 0.2) is 5.17 Å². The second kappa shape index (κ2) is 10.9. The van der Waals surface area contributed by atoms with Crippen LogP contribution in [0.3, 0.4) is 0 Å². The molecule has 2 aromatic rings. The van der Waals surface area contributed by atoms with E-state index in [2.05, 4.69) is 22.4 Å². The summed E-state index contributed by atoms with van der Waals surface area (Å²) in [7, 11) is 1.36. The van der Waals surface area contributed by atoms with E-state index in [1.807, 2.05) is 40.6 Å². The van der Waals surface area contributed by atoms with Gasteiger partial charge in [0.1, 0.15) is 0 Å². The molecule has 0 unspecified atom stereocenters. The molecule has 8 heteroatoms. The summed E-state index contributed by atoms with van der Waals surface area (Å²) in [6.07, 6.45) is 1.96. The monoisotopic (exact) mass is 495 g/mol. The minimum atomic E-state index is -0.454. The number of nitrogens with zero attached hydrogens (tertiary/aromatic N) is 2. The lowest BCUT2D eigenvalue weighted by Crippen LogP contribution is -2.38. The van der Waals surface area contributed by atoms with Crippen molar-refractivity contribution in [2.24, 2.45) is 4.99 Å².